The van der Waals surface area contributed by atoms with Crippen LogP contribution in [-0.4, -0.2) is 35.4 Å². The minimum absolute atomic E-state index is 0.107. The van der Waals surface area contributed by atoms with Crippen molar-refractivity contribution in [3.63, 3.8) is 0 Å². The van der Waals surface area contributed by atoms with Crippen LogP contribution in [0.1, 0.15) is 37.2 Å². The number of nitrogens with zero attached hydrogens (tertiary/aromatic N) is 2. The minimum Gasteiger partial charge on any atom is -0.370 e. The van der Waals surface area contributed by atoms with E-state index in [0.29, 0.717) is 22.5 Å². The summed E-state index contributed by atoms with van der Waals surface area (Å²) in [6.45, 7) is 4.83. The number of carbonyl (C=O) groups excluding carboxylic acids is 1. The zero-order valence-corrected chi connectivity index (χ0v) is 12.4. The quantitative estimate of drug-likeness (QED) is 0.902. The van der Waals surface area contributed by atoms with Crippen LogP contribution in [0.4, 0.5) is 5.82 Å². The van der Waals surface area contributed by atoms with Gasteiger partial charge in [-0.2, -0.15) is 0 Å². The molecule has 0 spiro atoms. The van der Waals surface area contributed by atoms with E-state index in [9.17, 15) is 4.79 Å². The van der Waals surface area contributed by atoms with Crippen molar-refractivity contribution >= 4 is 23.3 Å². The summed E-state index contributed by atoms with van der Waals surface area (Å²) in [4.78, 5) is 18.5. The van der Waals surface area contributed by atoms with Gasteiger partial charge in [-0.05, 0) is 44.7 Å². The third-order valence-electron chi connectivity index (χ3n) is 3.64. The molecule has 4 nitrogen and oxygen atoms in total. The molecule has 1 aromatic heterocycles. The predicted molar refractivity (Wildman–Crippen MR) is 77.7 cm³/mol. The smallest absolute Gasteiger partial charge is 0.274 e. The van der Waals surface area contributed by atoms with Gasteiger partial charge in [0.05, 0.1) is 5.02 Å². The monoisotopic (exact) mass is 281 g/mol. The van der Waals surface area contributed by atoms with Crippen LogP contribution in [0.5, 0.6) is 0 Å². The van der Waals surface area contributed by atoms with Crippen molar-refractivity contribution in [3.8, 4) is 0 Å². The number of hydrogen-bond donors (Lipinski definition) is 1. The lowest BCUT2D eigenvalue weighted by Gasteiger charge is -2.25. The number of hydrogen-bond acceptors (Lipinski definition) is 3. The average molecular weight is 282 g/mol. The number of amides is 1. The predicted octanol–water partition coefficient (Wildman–Crippen LogP) is 3.04. The Hall–Kier alpha value is -1.29. The number of halogens is 1. The van der Waals surface area contributed by atoms with Crippen LogP contribution in [-0.2, 0) is 0 Å². The number of nitrogens with one attached hydrogen (secondary N) is 1. The summed E-state index contributed by atoms with van der Waals surface area (Å²) >= 11 is 6.10. The second kappa shape index (κ2) is 5.78. The molecule has 0 saturated heterocycles. The van der Waals surface area contributed by atoms with Crippen molar-refractivity contribution < 1.29 is 4.79 Å². The van der Waals surface area contributed by atoms with E-state index >= 15 is 0 Å². The van der Waals surface area contributed by atoms with Gasteiger partial charge in [0.2, 0.25) is 0 Å². The van der Waals surface area contributed by atoms with Crippen LogP contribution in [0.25, 0.3) is 0 Å². The second-order valence-electron chi connectivity index (χ2n) is 5.05. The first-order valence-corrected chi connectivity index (χ1v) is 7.10. The highest BCUT2D eigenvalue weighted by molar-refractivity contribution is 6.33. The van der Waals surface area contributed by atoms with E-state index in [4.69, 9.17) is 11.6 Å². The van der Waals surface area contributed by atoms with E-state index in [-0.39, 0.29) is 11.9 Å². The summed E-state index contributed by atoms with van der Waals surface area (Å²) in [5.41, 5.74) is 0.329. The molecule has 0 aliphatic heterocycles. The Bertz CT molecular complexity index is 474. The molecule has 1 heterocycles. The molecule has 0 bridgehead atoms. The van der Waals surface area contributed by atoms with E-state index in [1.807, 2.05) is 14.0 Å². The topological polar surface area (TPSA) is 45.2 Å². The molecule has 2 rings (SSSR count). The van der Waals surface area contributed by atoms with Crippen LogP contribution < -0.4 is 5.32 Å². The van der Waals surface area contributed by atoms with Gasteiger partial charge in [-0.25, -0.2) is 4.98 Å². The summed E-state index contributed by atoms with van der Waals surface area (Å²) < 4.78 is 0. The lowest BCUT2D eigenvalue weighted by molar-refractivity contribution is 0.0721. The van der Waals surface area contributed by atoms with Crippen LogP contribution in [0, 0.1) is 5.92 Å². The van der Waals surface area contributed by atoms with Gasteiger partial charge in [-0.15, -0.1) is 0 Å². The molecular formula is C14H20ClN3O. The van der Waals surface area contributed by atoms with Crippen LogP contribution in [0.2, 0.25) is 5.02 Å². The zero-order valence-electron chi connectivity index (χ0n) is 11.6. The SMILES string of the molecule is CCNc1ccc(Cl)c(C(=O)N(C)C(C)C2CC2)n1. The third-order valence-corrected chi connectivity index (χ3v) is 3.95. The molecule has 19 heavy (non-hydrogen) atoms. The minimum atomic E-state index is -0.107. The molecule has 1 aromatic rings. The maximum atomic E-state index is 12.4. The lowest BCUT2D eigenvalue weighted by atomic mass is 10.2. The van der Waals surface area contributed by atoms with Gasteiger partial charge in [-0.3, -0.25) is 4.79 Å². The van der Waals surface area contributed by atoms with Gasteiger partial charge in [0, 0.05) is 19.6 Å². The molecule has 104 valence electrons. The van der Waals surface area contributed by atoms with Gasteiger partial charge in [0.15, 0.2) is 0 Å². The zero-order chi connectivity index (χ0) is 14.0. The fourth-order valence-corrected chi connectivity index (χ4v) is 2.30. The van der Waals surface area contributed by atoms with Crippen molar-refractivity contribution in [1.29, 1.82) is 0 Å². The Kier molecular flexibility index (Phi) is 4.30. The van der Waals surface area contributed by atoms with Crippen molar-refractivity contribution in [3.05, 3.63) is 22.8 Å². The molecule has 1 aliphatic rings. The molecule has 0 aromatic carbocycles. The first-order chi connectivity index (χ1) is 9.04. The Morgan fingerprint density at radius 2 is 2.26 bits per heavy atom. The number of aromatic nitrogens is 1. The summed E-state index contributed by atoms with van der Waals surface area (Å²) in [6.07, 6.45) is 2.41. The van der Waals surface area contributed by atoms with Gasteiger partial charge >= 0.3 is 0 Å². The normalized spacial score (nSPS) is 16.0. The molecule has 1 amide bonds. The fourth-order valence-electron chi connectivity index (χ4n) is 2.12. The molecule has 1 saturated carbocycles. The Labute approximate surface area is 119 Å². The second-order valence-corrected chi connectivity index (χ2v) is 5.46. The van der Waals surface area contributed by atoms with Crippen molar-refractivity contribution in [1.82, 2.24) is 9.88 Å². The van der Waals surface area contributed by atoms with E-state index in [1.165, 1.54) is 12.8 Å². The van der Waals surface area contributed by atoms with E-state index in [2.05, 4.69) is 17.2 Å². The van der Waals surface area contributed by atoms with Gasteiger partial charge < -0.3 is 10.2 Å². The molecule has 5 heteroatoms. The fraction of sp³-hybridized carbons (Fsp3) is 0.571. The van der Waals surface area contributed by atoms with Crippen molar-refractivity contribution in [2.45, 2.75) is 32.7 Å². The largest absolute Gasteiger partial charge is 0.370 e. The lowest BCUT2D eigenvalue weighted by Crippen LogP contribution is -2.37. The van der Waals surface area contributed by atoms with E-state index in [1.54, 1.807) is 17.0 Å². The Morgan fingerprint density at radius 1 is 1.58 bits per heavy atom. The highest BCUT2D eigenvalue weighted by atomic mass is 35.5. The number of pyridine rings is 1. The summed E-state index contributed by atoms with van der Waals surface area (Å²) in [6, 6.07) is 3.75. The summed E-state index contributed by atoms with van der Waals surface area (Å²) in [7, 11) is 1.82. The van der Waals surface area contributed by atoms with Crippen LogP contribution in [0.15, 0.2) is 12.1 Å². The molecule has 1 atom stereocenters. The van der Waals surface area contributed by atoms with Gasteiger partial charge in [0.25, 0.3) is 5.91 Å². The summed E-state index contributed by atoms with van der Waals surface area (Å²) in [5, 5.41) is 3.50. The van der Waals surface area contributed by atoms with E-state index < -0.39 is 0 Å². The number of rotatable bonds is 5. The highest BCUT2D eigenvalue weighted by Gasteiger charge is 2.33. The molecule has 1 N–H and O–H groups in total. The van der Waals surface area contributed by atoms with Gasteiger partial charge in [0.1, 0.15) is 11.5 Å². The number of carbonyl (C=O) groups is 1. The highest BCUT2D eigenvalue weighted by Crippen LogP contribution is 2.35. The first kappa shape index (κ1) is 14.1. The first-order valence-electron chi connectivity index (χ1n) is 6.72. The molecule has 1 fully saturated rings. The standard InChI is InChI=1S/C14H20ClN3O/c1-4-16-12-8-7-11(15)13(17-12)14(19)18(3)9(2)10-5-6-10/h7-10H,4-6H2,1-3H3,(H,16,17). The van der Waals surface area contributed by atoms with E-state index in [0.717, 1.165) is 6.54 Å². The maximum Gasteiger partial charge on any atom is 0.274 e. The molecular weight excluding hydrogens is 262 g/mol. The Balaban J connectivity index is 2.19. The van der Waals surface area contributed by atoms with Crippen LogP contribution in [0.3, 0.4) is 0 Å². The third kappa shape index (κ3) is 3.18. The van der Waals surface area contributed by atoms with Crippen molar-refractivity contribution in [2.75, 3.05) is 18.9 Å². The molecule has 1 aliphatic carbocycles. The van der Waals surface area contributed by atoms with Crippen LogP contribution >= 0.6 is 11.6 Å². The maximum absolute atomic E-state index is 12.4. The average Bonchev–Trinajstić information content (AvgIpc) is 3.23. The van der Waals surface area contributed by atoms with Crippen molar-refractivity contribution in [2.24, 2.45) is 5.92 Å². The Morgan fingerprint density at radius 3 is 2.84 bits per heavy atom. The molecule has 1 unspecified atom stereocenters. The number of anilines is 1. The summed E-state index contributed by atoms with van der Waals surface area (Å²) in [5.74, 6) is 1.21. The van der Waals surface area contributed by atoms with Gasteiger partial charge in [-0.1, -0.05) is 11.6 Å². The molecule has 0 radical (unpaired) electrons.